The summed E-state index contributed by atoms with van der Waals surface area (Å²) in [4.78, 5) is 16.9. The molecule has 1 heterocycles. The number of amides is 1. The number of sulfonamides is 1. The average Bonchev–Trinajstić information content (AvgIpc) is 2.69. The molecule has 0 unspecified atom stereocenters. The lowest BCUT2D eigenvalue weighted by atomic mass is 10.1. The van der Waals surface area contributed by atoms with Gasteiger partial charge < -0.3 is 5.32 Å². The third kappa shape index (κ3) is 5.60. The molecule has 3 rings (SSSR count). The largest absolute Gasteiger partial charge is 0.323 e. The van der Waals surface area contributed by atoms with Gasteiger partial charge in [-0.05, 0) is 71.0 Å². The zero-order valence-corrected chi connectivity index (χ0v) is 17.7. The lowest BCUT2D eigenvalue weighted by Crippen LogP contribution is -2.45. The first-order valence-corrected chi connectivity index (χ1v) is 11.0. The number of pyridine rings is 1. The fraction of sp³-hybridized carbons (Fsp3) is 0.100. The van der Waals surface area contributed by atoms with E-state index in [0.29, 0.717) is 5.69 Å². The van der Waals surface area contributed by atoms with Crippen LogP contribution in [0, 0.1) is 3.57 Å². The van der Waals surface area contributed by atoms with Gasteiger partial charge >= 0.3 is 0 Å². The maximum Gasteiger partial charge on any atom is 0.242 e. The van der Waals surface area contributed by atoms with Crippen molar-refractivity contribution in [3.63, 3.8) is 0 Å². The highest BCUT2D eigenvalue weighted by atomic mass is 127. The van der Waals surface area contributed by atoms with E-state index in [4.69, 9.17) is 0 Å². The van der Waals surface area contributed by atoms with Gasteiger partial charge in [-0.3, -0.25) is 9.78 Å². The Bertz CT molecular complexity index is 1030. The van der Waals surface area contributed by atoms with Gasteiger partial charge in [-0.2, -0.15) is 4.72 Å². The van der Waals surface area contributed by atoms with Gasteiger partial charge in [0.15, 0.2) is 0 Å². The van der Waals surface area contributed by atoms with Crippen LogP contribution in [-0.2, 0) is 21.2 Å². The van der Waals surface area contributed by atoms with Gasteiger partial charge in [0, 0.05) is 9.77 Å². The van der Waals surface area contributed by atoms with Crippen LogP contribution in [0.2, 0.25) is 0 Å². The highest BCUT2D eigenvalue weighted by molar-refractivity contribution is 14.1. The predicted molar refractivity (Wildman–Crippen MR) is 116 cm³/mol. The second-order valence-corrected chi connectivity index (χ2v) is 9.01. The highest BCUT2D eigenvalue weighted by Crippen LogP contribution is 2.15. The Kier molecular flexibility index (Phi) is 6.76. The molecule has 2 aromatic carbocycles. The second kappa shape index (κ2) is 9.26. The number of nitrogens with one attached hydrogen (secondary N) is 2. The molecule has 1 atom stereocenters. The third-order valence-corrected chi connectivity index (χ3v) is 6.16. The Morgan fingerprint density at radius 3 is 2.36 bits per heavy atom. The molecule has 1 amide bonds. The van der Waals surface area contributed by atoms with Crippen LogP contribution in [0.4, 0.5) is 5.69 Å². The fourth-order valence-corrected chi connectivity index (χ4v) is 4.13. The van der Waals surface area contributed by atoms with Crippen molar-refractivity contribution in [3.8, 4) is 0 Å². The molecule has 0 aliphatic rings. The van der Waals surface area contributed by atoms with Crippen LogP contribution in [0.25, 0.3) is 0 Å². The van der Waals surface area contributed by atoms with Gasteiger partial charge in [-0.25, -0.2) is 8.42 Å². The van der Waals surface area contributed by atoms with Gasteiger partial charge in [0.1, 0.15) is 6.04 Å². The van der Waals surface area contributed by atoms with E-state index in [1.807, 2.05) is 30.3 Å². The lowest BCUT2D eigenvalue weighted by molar-refractivity contribution is -0.117. The summed E-state index contributed by atoms with van der Waals surface area (Å²) in [6, 6.07) is 18.1. The molecule has 3 aromatic rings. The van der Waals surface area contributed by atoms with Gasteiger partial charge in [0.25, 0.3) is 0 Å². The minimum absolute atomic E-state index is 0.111. The maximum absolute atomic E-state index is 12.8. The molecule has 0 aliphatic carbocycles. The summed E-state index contributed by atoms with van der Waals surface area (Å²) in [6.45, 7) is 0. The third-order valence-electron chi connectivity index (χ3n) is 3.95. The van der Waals surface area contributed by atoms with Crippen LogP contribution in [0.15, 0.2) is 84.0 Å². The molecule has 0 saturated heterocycles. The Morgan fingerprint density at radius 2 is 1.71 bits per heavy atom. The Balaban J connectivity index is 1.84. The predicted octanol–water partition coefficient (Wildman–Crippen LogP) is 3.21. The van der Waals surface area contributed by atoms with Gasteiger partial charge in [-0.15, -0.1) is 0 Å². The van der Waals surface area contributed by atoms with Crippen molar-refractivity contribution in [2.45, 2.75) is 17.4 Å². The summed E-state index contributed by atoms with van der Waals surface area (Å²) in [7, 11) is -3.86. The number of nitrogens with zero attached hydrogens (tertiary/aromatic N) is 1. The number of carbonyl (C=O) groups excluding carboxylic acids is 1. The zero-order chi connectivity index (χ0) is 20.0. The van der Waals surface area contributed by atoms with Crippen molar-refractivity contribution in [3.05, 3.63) is 88.3 Å². The van der Waals surface area contributed by atoms with Crippen molar-refractivity contribution in [1.82, 2.24) is 9.71 Å². The minimum Gasteiger partial charge on any atom is -0.323 e. The van der Waals surface area contributed by atoms with Crippen molar-refractivity contribution in [2.24, 2.45) is 0 Å². The Labute approximate surface area is 177 Å². The molecule has 0 fully saturated rings. The van der Waals surface area contributed by atoms with E-state index in [-0.39, 0.29) is 11.3 Å². The molecule has 0 bridgehead atoms. The number of carbonyl (C=O) groups is 1. The Morgan fingerprint density at radius 1 is 1.00 bits per heavy atom. The first-order valence-electron chi connectivity index (χ1n) is 8.47. The molecule has 8 heteroatoms. The molecular formula is C20H18IN3O3S. The quantitative estimate of drug-likeness (QED) is 0.481. The van der Waals surface area contributed by atoms with E-state index < -0.39 is 22.0 Å². The zero-order valence-electron chi connectivity index (χ0n) is 14.7. The smallest absolute Gasteiger partial charge is 0.242 e. The summed E-state index contributed by atoms with van der Waals surface area (Å²) in [5, 5.41) is 2.72. The summed E-state index contributed by atoms with van der Waals surface area (Å²) >= 11 is 2.10. The van der Waals surface area contributed by atoms with E-state index in [0.717, 1.165) is 9.13 Å². The van der Waals surface area contributed by atoms with Crippen molar-refractivity contribution < 1.29 is 13.2 Å². The summed E-state index contributed by atoms with van der Waals surface area (Å²) in [5.41, 5.74) is 1.35. The van der Waals surface area contributed by atoms with Crippen LogP contribution in [0.5, 0.6) is 0 Å². The minimum atomic E-state index is -3.86. The normalized spacial score (nSPS) is 12.3. The second-order valence-electron chi connectivity index (χ2n) is 6.05. The number of benzene rings is 2. The van der Waals surface area contributed by atoms with Crippen LogP contribution in [0.3, 0.4) is 0 Å². The van der Waals surface area contributed by atoms with E-state index in [9.17, 15) is 13.2 Å². The molecule has 6 nitrogen and oxygen atoms in total. The lowest BCUT2D eigenvalue weighted by Gasteiger charge is -2.19. The molecule has 1 aromatic heterocycles. The molecule has 144 valence electrons. The molecule has 0 radical (unpaired) electrons. The number of hydrogen-bond donors (Lipinski definition) is 2. The van der Waals surface area contributed by atoms with E-state index in [2.05, 4.69) is 37.6 Å². The monoisotopic (exact) mass is 507 g/mol. The van der Waals surface area contributed by atoms with E-state index in [1.54, 1.807) is 30.5 Å². The number of hydrogen-bond acceptors (Lipinski definition) is 4. The first-order chi connectivity index (χ1) is 13.4. The van der Waals surface area contributed by atoms with Crippen LogP contribution in [0.1, 0.15) is 5.56 Å². The number of aromatic nitrogens is 1. The molecule has 28 heavy (non-hydrogen) atoms. The Hall–Kier alpha value is -2.30. The average molecular weight is 507 g/mol. The van der Waals surface area contributed by atoms with Gasteiger partial charge in [-0.1, -0.05) is 30.3 Å². The van der Waals surface area contributed by atoms with Crippen molar-refractivity contribution in [1.29, 1.82) is 0 Å². The topological polar surface area (TPSA) is 88.2 Å². The first kappa shape index (κ1) is 20.4. The summed E-state index contributed by atoms with van der Waals surface area (Å²) in [5.74, 6) is -0.453. The molecule has 2 N–H and O–H groups in total. The van der Waals surface area contributed by atoms with Crippen LogP contribution >= 0.6 is 22.6 Å². The van der Waals surface area contributed by atoms with E-state index >= 15 is 0 Å². The molecule has 0 saturated carbocycles. The maximum atomic E-state index is 12.8. The summed E-state index contributed by atoms with van der Waals surface area (Å²) in [6.07, 6.45) is 3.32. The molecular weight excluding hydrogens is 489 g/mol. The SMILES string of the molecule is O=C(Nc1cccnc1)[C@@H](Cc1ccccc1)NS(=O)(=O)c1ccc(I)cc1. The van der Waals surface area contributed by atoms with Crippen molar-refractivity contribution in [2.75, 3.05) is 5.32 Å². The van der Waals surface area contributed by atoms with Crippen LogP contribution in [-0.4, -0.2) is 25.4 Å². The highest BCUT2D eigenvalue weighted by Gasteiger charge is 2.26. The number of rotatable bonds is 7. The van der Waals surface area contributed by atoms with Gasteiger partial charge in [0.2, 0.25) is 15.9 Å². The van der Waals surface area contributed by atoms with Gasteiger partial charge in [0.05, 0.1) is 16.8 Å². The van der Waals surface area contributed by atoms with Crippen LogP contribution < -0.4 is 10.0 Å². The summed E-state index contributed by atoms with van der Waals surface area (Å²) < 4.78 is 29.0. The van der Waals surface area contributed by atoms with Crippen molar-refractivity contribution >= 4 is 44.2 Å². The molecule has 0 spiro atoms. The fourth-order valence-electron chi connectivity index (χ4n) is 2.57. The molecule has 0 aliphatic heterocycles. The number of anilines is 1. The number of halogens is 1. The van der Waals surface area contributed by atoms with E-state index in [1.165, 1.54) is 18.3 Å². The standard InChI is InChI=1S/C20H18IN3O3S/c21-16-8-10-18(11-9-16)28(26,27)24-19(13-15-5-2-1-3-6-15)20(25)23-17-7-4-12-22-14-17/h1-12,14,19,24H,13H2,(H,23,25)/t19-/m1/s1.